The van der Waals surface area contributed by atoms with Gasteiger partial charge >= 0.3 is 0 Å². The lowest BCUT2D eigenvalue weighted by molar-refractivity contribution is 1.07. The standard InChI is InChI=1S/C42H28N4/c1-4-12-29(13-5-1)34-18-10-19-35(28-34)36-20-11-21-38-39(36)37(26-27-43-38)30-22-24-33(25-23-30)42-45-40(31-14-6-2-7-15-31)44-41(46-42)32-16-8-3-9-17-32/h1-28H. The van der Waals surface area contributed by atoms with Crippen LogP contribution in [0, 0.1) is 0 Å². The molecule has 0 fully saturated rings. The Balaban J connectivity index is 1.22. The molecule has 4 heteroatoms. The van der Waals surface area contributed by atoms with E-state index < -0.39 is 0 Å². The molecule has 46 heavy (non-hydrogen) atoms. The lowest BCUT2D eigenvalue weighted by atomic mass is 9.92. The summed E-state index contributed by atoms with van der Waals surface area (Å²) in [5, 5.41) is 1.13. The fourth-order valence-corrected chi connectivity index (χ4v) is 5.92. The summed E-state index contributed by atoms with van der Waals surface area (Å²) in [6, 6.07) is 56.3. The summed E-state index contributed by atoms with van der Waals surface area (Å²) in [7, 11) is 0. The molecular weight excluding hydrogens is 560 g/mol. The largest absolute Gasteiger partial charge is 0.256 e. The predicted molar refractivity (Wildman–Crippen MR) is 188 cm³/mol. The van der Waals surface area contributed by atoms with Crippen molar-refractivity contribution in [1.29, 1.82) is 0 Å². The number of benzene rings is 6. The number of fused-ring (bicyclic) bond motifs is 1. The SMILES string of the molecule is c1ccc(-c2cccc(-c3cccc4nccc(-c5ccc(-c6nc(-c7ccccc7)nc(-c7ccccc7)n6)cc5)c34)c2)cc1. The summed E-state index contributed by atoms with van der Waals surface area (Å²) >= 11 is 0. The highest BCUT2D eigenvalue weighted by atomic mass is 15.0. The lowest BCUT2D eigenvalue weighted by Crippen LogP contribution is -2.00. The Morgan fingerprint density at radius 1 is 0.304 bits per heavy atom. The second-order valence-corrected chi connectivity index (χ2v) is 11.1. The third kappa shape index (κ3) is 5.33. The molecule has 0 saturated carbocycles. The first-order valence-corrected chi connectivity index (χ1v) is 15.3. The number of hydrogen-bond donors (Lipinski definition) is 0. The second kappa shape index (κ2) is 12.0. The molecule has 216 valence electrons. The van der Waals surface area contributed by atoms with Gasteiger partial charge in [-0.2, -0.15) is 0 Å². The van der Waals surface area contributed by atoms with E-state index in [1.165, 1.54) is 11.1 Å². The zero-order valence-electron chi connectivity index (χ0n) is 25.0. The van der Waals surface area contributed by atoms with Crippen LogP contribution in [-0.4, -0.2) is 19.9 Å². The van der Waals surface area contributed by atoms with E-state index in [-0.39, 0.29) is 0 Å². The molecule has 8 aromatic rings. The Labute approximate surface area is 267 Å². The van der Waals surface area contributed by atoms with Crippen LogP contribution in [0.3, 0.4) is 0 Å². The Morgan fingerprint density at radius 2 is 0.761 bits per heavy atom. The van der Waals surface area contributed by atoms with Gasteiger partial charge in [0, 0.05) is 28.3 Å². The summed E-state index contributed by atoms with van der Waals surface area (Å²) in [6.45, 7) is 0. The van der Waals surface area contributed by atoms with Crippen molar-refractivity contribution >= 4 is 10.9 Å². The average Bonchev–Trinajstić information content (AvgIpc) is 3.15. The molecule has 2 aromatic heterocycles. The van der Waals surface area contributed by atoms with E-state index in [0.717, 1.165) is 49.8 Å². The van der Waals surface area contributed by atoms with Crippen molar-refractivity contribution in [2.45, 2.75) is 0 Å². The number of pyridine rings is 1. The van der Waals surface area contributed by atoms with Crippen molar-refractivity contribution in [3.05, 3.63) is 170 Å². The van der Waals surface area contributed by atoms with Gasteiger partial charge in [0.05, 0.1) is 5.52 Å². The molecular formula is C42H28N4. The molecule has 0 aliphatic carbocycles. The van der Waals surface area contributed by atoms with Crippen LogP contribution in [0.4, 0.5) is 0 Å². The van der Waals surface area contributed by atoms with Gasteiger partial charge in [-0.05, 0) is 51.6 Å². The molecule has 8 rings (SSSR count). The molecule has 2 heterocycles. The van der Waals surface area contributed by atoms with Crippen LogP contribution in [-0.2, 0) is 0 Å². The number of aromatic nitrogens is 4. The van der Waals surface area contributed by atoms with Crippen molar-refractivity contribution < 1.29 is 0 Å². The third-order valence-corrected chi connectivity index (χ3v) is 8.20. The molecule has 0 amide bonds. The highest BCUT2D eigenvalue weighted by Crippen LogP contribution is 2.37. The van der Waals surface area contributed by atoms with Crippen molar-refractivity contribution in [1.82, 2.24) is 19.9 Å². The normalized spacial score (nSPS) is 11.0. The highest BCUT2D eigenvalue weighted by Gasteiger charge is 2.15. The minimum absolute atomic E-state index is 0.636. The fraction of sp³-hybridized carbons (Fsp3) is 0. The zero-order chi connectivity index (χ0) is 30.7. The quantitative estimate of drug-likeness (QED) is 0.194. The van der Waals surface area contributed by atoms with Gasteiger partial charge in [0.2, 0.25) is 0 Å². The van der Waals surface area contributed by atoms with E-state index in [1.54, 1.807) is 0 Å². The number of nitrogens with zero attached hydrogens (tertiary/aromatic N) is 4. The fourth-order valence-electron chi connectivity index (χ4n) is 5.92. The predicted octanol–water partition coefficient (Wildman–Crippen LogP) is 10.4. The molecule has 0 aliphatic rings. The third-order valence-electron chi connectivity index (χ3n) is 8.20. The lowest BCUT2D eigenvalue weighted by Gasteiger charge is -2.13. The molecule has 4 nitrogen and oxygen atoms in total. The molecule has 6 aromatic carbocycles. The first kappa shape index (κ1) is 27.3. The van der Waals surface area contributed by atoms with Gasteiger partial charge in [-0.25, -0.2) is 15.0 Å². The van der Waals surface area contributed by atoms with Crippen LogP contribution in [0.2, 0.25) is 0 Å². The maximum absolute atomic E-state index is 4.91. The monoisotopic (exact) mass is 588 g/mol. The average molecular weight is 589 g/mol. The summed E-state index contributed by atoms with van der Waals surface area (Å²) in [5.74, 6) is 1.93. The van der Waals surface area contributed by atoms with Crippen molar-refractivity contribution in [2.24, 2.45) is 0 Å². The van der Waals surface area contributed by atoms with Crippen LogP contribution in [0.5, 0.6) is 0 Å². The van der Waals surface area contributed by atoms with Gasteiger partial charge in [0.25, 0.3) is 0 Å². The van der Waals surface area contributed by atoms with Gasteiger partial charge in [0.1, 0.15) is 0 Å². The van der Waals surface area contributed by atoms with Gasteiger partial charge in [-0.15, -0.1) is 0 Å². The summed E-state index contributed by atoms with van der Waals surface area (Å²) in [5.41, 5.74) is 10.7. The van der Waals surface area contributed by atoms with Crippen LogP contribution >= 0.6 is 0 Å². The maximum Gasteiger partial charge on any atom is 0.164 e. The highest BCUT2D eigenvalue weighted by molar-refractivity contribution is 6.05. The molecule has 0 spiro atoms. The topological polar surface area (TPSA) is 51.6 Å². The number of hydrogen-bond acceptors (Lipinski definition) is 4. The van der Waals surface area contributed by atoms with Crippen molar-refractivity contribution in [2.75, 3.05) is 0 Å². The summed E-state index contributed by atoms with van der Waals surface area (Å²) < 4.78 is 0. The Morgan fingerprint density at radius 3 is 1.37 bits per heavy atom. The molecule has 0 saturated heterocycles. The summed E-state index contributed by atoms with van der Waals surface area (Å²) in [6.07, 6.45) is 1.89. The Hall–Kier alpha value is -6.26. The van der Waals surface area contributed by atoms with Crippen molar-refractivity contribution in [3.8, 4) is 67.5 Å². The molecule has 0 N–H and O–H groups in total. The molecule has 0 unspecified atom stereocenters. The zero-order valence-corrected chi connectivity index (χ0v) is 25.0. The smallest absolute Gasteiger partial charge is 0.164 e. The van der Waals surface area contributed by atoms with E-state index in [1.807, 2.05) is 72.9 Å². The first-order chi connectivity index (χ1) is 22.8. The molecule has 0 aliphatic heterocycles. The van der Waals surface area contributed by atoms with Crippen LogP contribution in [0.15, 0.2) is 170 Å². The molecule has 0 radical (unpaired) electrons. The Kier molecular flexibility index (Phi) is 7.14. The molecule has 0 atom stereocenters. The van der Waals surface area contributed by atoms with E-state index in [9.17, 15) is 0 Å². The van der Waals surface area contributed by atoms with Crippen LogP contribution < -0.4 is 0 Å². The first-order valence-electron chi connectivity index (χ1n) is 15.3. The van der Waals surface area contributed by atoms with E-state index in [4.69, 9.17) is 19.9 Å². The molecule has 0 bridgehead atoms. The van der Waals surface area contributed by atoms with Gasteiger partial charge < -0.3 is 0 Å². The minimum atomic E-state index is 0.636. The van der Waals surface area contributed by atoms with E-state index in [0.29, 0.717) is 17.5 Å². The minimum Gasteiger partial charge on any atom is -0.256 e. The van der Waals surface area contributed by atoms with Gasteiger partial charge in [-0.3, -0.25) is 4.98 Å². The second-order valence-electron chi connectivity index (χ2n) is 11.1. The van der Waals surface area contributed by atoms with Crippen LogP contribution in [0.25, 0.3) is 78.4 Å². The Bertz CT molecular complexity index is 2220. The van der Waals surface area contributed by atoms with Gasteiger partial charge in [0.15, 0.2) is 17.5 Å². The van der Waals surface area contributed by atoms with E-state index in [2.05, 4.69) is 97.1 Å². The van der Waals surface area contributed by atoms with E-state index >= 15 is 0 Å². The maximum atomic E-state index is 4.91. The van der Waals surface area contributed by atoms with Crippen LogP contribution in [0.1, 0.15) is 0 Å². The summed E-state index contributed by atoms with van der Waals surface area (Å²) in [4.78, 5) is 19.4. The number of rotatable bonds is 6. The van der Waals surface area contributed by atoms with Gasteiger partial charge in [-0.1, -0.05) is 146 Å². The van der Waals surface area contributed by atoms with Crippen molar-refractivity contribution in [3.63, 3.8) is 0 Å².